The van der Waals surface area contributed by atoms with E-state index in [1.807, 2.05) is 18.3 Å². The van der Waals surface area contributed by atoms with Crippen LogP contribution in [0.1, 0.15) is 26.3 Å². The van der Waals surface area contributed by atoms with E-state index in [2.05, 4.69) is 15.0 Å². The first-order chi connectivity index (χ1) is 12.3. The number of H-pyrrole nitrogens is 1. The second kappa shape index (κ2) is 7.09. The van der Waals surface area contributed by atoms with Crippen LogP contribution in [0.2, 0.25) is 0 Å². The van der Waals surface area contributed by atoms with E-state index in [9.17, 15) is 9.90 Å². The molecule has 0 bridgehead atoms. The Kier molecular flexibility index (Phi) is 4.86. The summed E-state index contributed by atoms with van der Waals surface area (Å²) in [6.45, 7) is 5.04. The van der Waals surface area contributed by atoms with E-state index in [-0.39, 0.29) is 12.4 Å². The van der Waals surface area contributed by atoms with Gasteiger partial charge in [0.2, 0.25) is 5.88 Å². The number of allylic oxidation sites excluding steroid dienone is 1. The molecule has 0 aliphatic carbocycles. The minimum absolute atomic E-state index is 0.00527. The van der Waals surface area contributed by atoms with E-state index in [1.165, 1.54) is 13.0 Å². The lowest BCUT2D eigenvalue weighted by Crippen LogP contribution is -2.28. The molecule has 26 heavy (non-hydrogen) atoms. The van der Waals surface area contributed by atoms with E-state index in [0.29, 0.717) is 5.88 Å². The number of hydrogen-bond acceptors (Lipinski definition) is 5. The maximum atomic E-state index is 11.2. The smallest absolute Gasteiger partial charge is 0.213 e. The first kappa shape index (κ1) is 17.8. The molecule has 0 atom stereocenters. The molecule has 3 rings (SSSR count). The summed E-state index contributed by atoms with van der Waals surface area (Å²) in [5.41, 5.74) is 2.57. The van der Waals surface area contributed by atoms with Crippen LogP contribution in [0.5, 0.6) is 5.88 Å². The molecule has 0 amide bonds. The van der Waals surface area contributed by atoms with Crippen LogP contribution in [-0.4, -0.2) is 38.0 Å². The van der Waals surface area contributed by atoms with Gasteiger partial charge in [0.15, 0.2) is 5.78 Å². The van der Waals surface area contributed by atoms with E-state index >= 15 is 0 Å². The molecule has 0 radical (unpaired) electrons. The third-order valence-electron chi connectivity index (χ3n) is 3.70. The van der Waals surface area contributed by atoms with Crippen LogP contribution in [0, 0.1) is 0 Å². The van der Waals surface area contributed by atoms with Gasteiger partial charge in [0.25, 0.3) is 0 Å². The van der Waals surface area contributed by atoms with Crippen molar-refractivity contribution in [3.63, 3.8) is 0 Å². The van der Waals surface area contributed by atoms with Crippen LogP contribution in [0.4, 0.5) is 0 Å². The Morgan fingerprint density at radius 2 is 2.04 bits per heavy atom. The van der Waals surface area contributed by atoms with Crippen LogP contribution in [0.3, 0.4) is 0 Å². The van der Waals surface area contributed by atoms with Gasteiger partial charge in [-0.3, -0.25) is 4.79 Å². The van der Waals surface area contributed by atoms with Crippen molar-refractivity contribution in [1.29, 1.82) is 0 Å². The van der Waals surface area contributed by atoms with Crippen molar-refractivity contribution in [3.8, 4) is 17.0 Å². The van der Waals surface area contributed by atoms with Gasteiger partial charge >= 0.3 is 0 Å². The summed E-state index contributed by atoms with van der Waals surface area (Å²) < 4.78 is 5.47. The molecule has 0 unspecified atom stereocenters. The molecule has 2 N–H and O–H groups in total. The Balaban J connectivity index is 1.85. The zero-order chi connectivity index (χ0) is 18.7. The maximum absolute atomic E-state index is 11.2. The highest BCUT2D eigenvalue weighted by Crippen LogP contribution is 2.26. The molecule has 6 nitrogen and oxygen atoms in total. The highest BCUT2D eigenvalue weighted by Gasteiger charge is 2.14. The highest BCUT2D eigenvalue weighted by atomic mass is 16.5. The minimum atomic E-state index is -0.909. The van der Waals surface area contributed by atoms with E-state index in [1.54, 1.807) is 38.4 Å². The predicted molar refractivity (Wildman–Crippen MR) is 101 cm³/mol. The summed E-state index contributed by atoms with van der Waals surface area (Å²) in [6, 6.07) is 5.67. The first-order valence-corrected chi connectivity index (χ1v) is 8.29. The van der Waals surface area contributed by atoms with Gasteiger partial charge in [0, 0.05) is 46.7 Å². The van der Waals surface area contributed by atoms with Gasteiger partial charge < -0.3 is 14.8 Å². The van der Waals surface area contributed by atoms with Crippen LogP contribution < -0.4 is 4.74 Å². The predicted octanol–water partition coefficient (Wildman–Crippen LogP) is 3.38. The Morgan fingerprint density at radius 3 is 2.69 bits per heavy atom. The van der Waals surface area contributed by atoms with Crippen molar-refractivity contribution in [2.24, 2.45) is 0 Å². The van der Waals surface area contributed by atoms with Crippen LogP contribution in [0.25, 0.3) is 28.2 Å². The van der Waals surface area contributed by atoms with Gasteiger partial charge in [-0.2, -0.15) is 0 Å². The third kappa shape index (κ3) is 4.34. The summed E-state index contributed by atoms with van der Waals surface area (Å²) in [6.07, 6.45) is 8.61. The summed E-state index contributed by atoms with van der Waals surface area (Å²) in [4.78, 5) is 23.0. The van der Waals surface area contributed by atoms with Crippen molar-refractivity contribution in [2.45, 2.75) is 26.4 Å². The number of pyridine rings is 2. The van der Waals surface area contributed by atoms with Crippen molar-refractivity contribution >= 4 is 22.9 Å². The van der Waals surface area contributed by atoms with Gasteiger partial charge in [-0.05, 0) is 45.1 Å². The SMILES string of the molecule is CC(=O)/C=C/c1c[nH]c2ncc(-c3ccc(OCC(C)(C)O)nc3)cc12. The minimum Gasteiger partial charge on any atom is -0.475 e. The van der Waals surface area contributed by atoms with Gasteiger partial charge in [0.05, 0.1) is 5.60 Å². The molecule has 3 heterocycles. The fraction of sp³-hybridized carbons (Fsp3) is 0.250. The number of hydrogen-bond donors (Lipinski definition) is 2. The highest BCUT2D eigenvalue weighted by molar-refractivity contribution is 5.96. The molecule has 0 aliphatic heterocycles. The standard InChI is InChI=1S/C20H21N3O3/c1-13(24)4-5-15-10-22-19-17(15)8-16(11-23-19)14-6-7-18(21-9-14)26-12-20(2,3)25/h4-11,25H,12H2,1-3H3,(H,22,23)/b5-4+. The number of ether oxygens (including phenoxy) is 1. The molecule has 0 saturated heterocycles. The lowest BCUT2D eigenvalue weighted by Gasteiger charge is -2.17. The number of aliphatic hydroxyl groups is 1. The fourth-order valence-electron chi connectivity index (χ4n) is 2.41. The normalized spacial score (nSPS) is 12.0. The number of aromatic nitrogens is 3. The van der Waals surface area contributed by atoms with Crippen molar-refractivity contribution in [1.82, 2.24) is 15.0 Å². The number of aromatic amines is 1. The molecule has 0 spiro atoms. The Bertz CT molecular complexity index is 951. The topological polar surface area (TPSA) is 88.1 Å². The third-order valence-corrected chi connectivity index (χ3v) is 3.70. The van der Waals surface area contributed by atoms with Gasteiger partial charge in [-0.1, -0.05) is 0 Å². The molecule has 3 aromatic rings. The zero-order valence-electron chi connectivity index (χ0n) is 15.0. The largest absolute Gasteiger partial charge is 0.475 e. The van der Waals surface area contributed by atoms with Gasteiger partial charge in [-0.25, -0.2) is 9.97 Å². The lowest BCUT2D eigenvalue weighted by atomic mass is 10.1. The molecule has 0 aliphatic rings. The summed E-state index contributed by atoms with van der Waals surface area (Å²) in [7, 11) is 0. The second-order valence-electron chi connectivity index (χ2n) is 6.79. The molecule has 0 aromatic carbocycles. The molecular weight excluding hydrogens is 330 g/mol. The van der Waals surface area contributed by atoms with Crippen molar-refractivity contribution in [3.05, 3.63) is 48.4 Å². The molecule has 134 valence electrons. The maximum Gasteiger partial charge on any atom is 0.213 e. The quantitative estimate of drug-likeness (QED) is 0.665. The van der Waals surface area contributed by atoms with E-state index in [0.717, 1.165) is 27.7 Å². The lowest BCUT2D eigenvalue weighted by molar-refractivity contribution is -0.112. The van der Waals surface area contributed by atoms with Gasteiger partial charge in [0.1, 0.15) is 12.3 Å². The number of carbonyl (C=O) groups is 1. The number of nitrogens with zero attached hydrogens (tertiary/aromatic N) is 2. The second-order valence-corrected chi connectivity index (χ2v) is 6.79. The molecule has 6 heteroatoms. The number of nitrogens with one attached hydrogen (secondary N) is 1. The van der Waals surface area contributed by atoms with Crippen molar-refractivity contribution < 1.29 is 14.6 Å². The molecule has 3 aromatic heterocycles. The first-order valence-electron chi connectivity index (χ1n) is 8.29. The summed E-state index contributed by atoms with van der Waals surface area (Å²) >= 11 is 0. The Labute approximate surface area is 151 Å². The zero-order valence-corrected chi connectivity index (χ0v) is 15.0. The number of fused-ring (bicyclic) bond motifs is 1. The average molecular weight is 351 g/mol. The average Bonchev–Trinajstić information content (AvgIpc) is 3.00. The monoisotopic (exact) mass is 351 g/mol. The molecule has 0 saturated carbocycles. The summed E-state index contributed by atoms with van der Waals surface area (Å²) in [5, 5.41) is 10.6. The number of carbonyl (C=O) groups excluding carboxylic acids is 1. The van der Waals surface area contributed by atoms with Crippen LogP contribution in [-0.2, 0) is 4.79 Å². The molecule has 0 fully saturated rings. The Hall–Kier alpha value is -2.99. The van der Waals surface area contributed by atoms with Crippen LogP contribution >= 0.6 is 0 Å². The Morgan fingerprint density at radius 1 is 1.27 bits per heavy atom. The molecular formula is C20H21N3O3. The van der Waals surface area contributed by atoms with Gasteiger partial charge in [-0.15, -0.1) is 0 Å². The van der Waals surface area contributed by atoms with E-state index in [4.69, 9.17) is 4.74 Å². The number of rotatable bonds is 6. The fourth-order valence-corrected chi connectivity index (χ4v) is 2.41. The van der Waals surface area contributed by atoms with Crippen LogP contribution in [0.15, 0.2) is 42.9 Å². The van der Waals surface area contributed by atoms with Crippen molar-refractivity contribution in [2.75, 3.05) is 6.61 Å². The summed E-state index contributed by atoms with van der Waals surface area (Å²) in [5.74, 6) is 0.450. The number of ketones is 1. The van der Waals surface area contributed by atoms with E-state index < -0.39 is 5.60 Å².